The molecule has 1 aromatic carbocycles. The number of hydrogen-bond donors (Lipinski definition) is 1. The van der Waals surface area contributed by atoms with Crippen LogP contribution in [0.1, 0.15) is 24.8 Å². The molecule has 0 aliphatic heterocycles. The van der Waals surface area contributed by atoms with Crippen LogP contribution in [-0.4, -0.2) is 6.54 Å². The third kappa shape index (κ3) is 3.43. The van der Waals surface area contributed by atoms with Crippen molar-refractivity contribution in [2.45, 2.75) is 25.8 Å². The minimum absolute atomic E-state index is 0.135. The first-order chi connectivity index (χ1) is 9.33. The lowest BCUT2D eigenvalue weighted by molar-refractivity contribution is 0.609. The van der Waals surface area contributed by atoms with Crippen LogP contribution in [0.4, 0.5) is 4.39 Å². The molecule has 100 valence electrons. The fraction of sp³-hybridized carbons (Fsp3) is 0.375. The summed E-state index contributed by atoms with van der Waals surface area (Å²) in [5.74, 6) is 0.826. The highest BCUT2D eigenvalue weighted by atomic mass is 32.1. The lowest BCUT2D eigenvalue weighted by Crippen LogP contribution is -2.15. The highest BCUT2D eigenvalue weighted by Gasteiger charge is 2.19. The summed E-state index contributed by atoms with van der Waals surface area (Å²) in [6, 6.07) is 9.34. The second-order valence-corrected chi connectivity index (χ2v) is 6.15. The van der Waals surface area contributed by atoms with Crippen molar-refractivity contribution in [2.75, 3.05) is 6.54 Å². The molecule has 3 rings (SSSR count). The van der Waals surface area contributed by atoms with Gasteiger partial charge in [0.15, 0.2) is 0 Å². The molecular weight excluding hydrogens is 257 g/mol. The summed E-state index contributed by atoms with van der Waals surface area (Å²) in [4.78, 5) is 0.998. The number of halogens is 1. The highest BCUT2D eigenvalue weighted by Crippen LogP contribution is 2.31. The lowest BCUT2D eigenvalue weighted by Gasteiger charge is -2.07. The van der Waals surface area contributed by atoms with Crippen LogP contribution >= 0.6 is 11.3 Å². The van der Waals surface area contributed by atoms with Gasteiger partial charge in [-0.2, -0.15) is 0 Å². The van der Waals surface area contributed by atoms with Gasteiger partial charge in [-0.25, -0.2) is 4.39 Å². The van der Waals surface area contributed by atoms with E-state index in [1.165, 1.54) is 19.3 Å². The maximum Gasteiger partial charge on any atom is 0.131 e. The van der Waals surface area contributed by atoms with Crippen LogP contribution < -0.4 is 5.32 Å². The van der Waals surface area contributed by atoms with Gasteiger partial charge in [0.25, 0.3) is 0 Å². The van der Waals surface area contributed by atoms with E-state index < -0.39 is 0 Å². The Kier molecular flexibility index (Phi) is 3.95. The van der Waals surface area contributed by atoms with E-state index in [1.807, 2.05) is 29.6 Å². The Morgan fingerprint density at radius 3 is 2.89 bits per heavy atom. The predicted octanol–water partition coefficient (Wildman–Crippen LogP) is 4.44. The first kappa shape index (κ1) is 12.8. The summed E-state index contributed by atoms with van der Waals surface area (Å²) in [5, 5.41) is 5.43. The zero-order valence-corrected chi connectivity index (χ0v) is 11.7. The van der Waals surface area contributed by atoms with Crippen molar-refractivity contribution in [3.8, 4) is 10.4 Å². The maximum atomic E-state index is 13.8. The molecule has 0 spiro atoms. The molecule has 1 N–H and O–H groups in total. The van der Waals surface area contributed by atoms with Crippen LogP contribution in [0.25, 0.3) is 10.4 Å². The Hall–Kier alpha value is -1.19. The molecule has 19 heavy (non-hydrogen) atoms. The van der Waals surface area contributed by atoms with Crippen molar-refractivity contribution in [1.29, 1.82) is 0 Å². The zero-order valence-electron chi connectivity index (χ0n) is 10.9. The van der Waals surface area contributed by atoms with E-state index in [-0.39, 0.29) is 5.82 Å². The number of hydrogen-bond acceptors (Lipinski definition) is 2. The van der Waals surface area contributed by atoms with E-state index in [4.69, 9.17) is 0 Å². The molecule has 0 unspecified atom stereocenters. The van der Waals surface area contributed by atoms with Crippen LogP contribution in [-0.2, 0) is 6.54 Å². The number of rotatable bonds is 6. The summed E-state index contributed by atoms with van der Waals surface area (Å²) >= 11 is 1.58. The van der Waals surface area contributed by atoms with Gasteiger partial charge in [0.2, 0.25) is 0 Å². The first-order valence-electron chi connectivity index (χ1n) is 6.86. The molecule has 1 nitrogen and oxygen atoms in total. The van der Waals surface area contributed by atoms with Crippen molar-refractivity contribution >= 4 is 11.3 Å². The van der Waals surface area contributed by atoms with Crippen LogP contribution in [0.3, 0.4) is 0 Å². The molecule has 0 bridgehead atoms. The summed E-state index contributed by atoms with van der Waals surface area (Å²) in [6.45, 7) is 1.89. The Morgan fingerprint density at radius 2 is 2.16 bits per heavy atom. The lowest BCUT2D eigenvalue weighted by atomic mass is 10.1. The van der Waals surface area contributed by atoms with Gasteiger partial charge >= 0.3 is 0 Å². The van der Waals surface area contributed by atoms with Gasteiger partial charge in [0.1, 0.15) is 5.82 Å². The van der Waals surface area contributed by atoms with E-state index in [9.17, 15) is 4.39 Å². The second kappa shape index (κ2) is 5.85. The first-order valence-corrected chi connectivity index (χ1v) is 7.74. The summed E-state index contributed by atoms with van der Waals surface area (Å²) in [6.07, 6.45) is 4.08. The quantitative estimate of drug-likeness (QED) is 0.768. The highest BCUT2D eigenvalue weighted by molar-refractivity contribution is 7.13. The van der Waals surface area contributed by atoms with Gasteiger partial charge in [-0.3, -0.25) is 0 Å². The summed E-state index contributed by atoms with van der Waals surface area (Å²) in [7, 11) is 0. The van der Waals surface area contributed by atoms with Crippen LogP contribution in [0.15, 0.2) is 35.7 Å². The Balaban J connectivity index is 1.63. The molecule has 2 aromatic rings. The van der Waals surface area contributed by atoms with E-state index in [0.29, 0.717) is 0 Å². The third-order valence-corrected chi connectivity index (χ3v) is 4.48. The molecule has 1 fully saturated rings. The van der Waals surface area contributed by atoms with Gasteiger partial charge in [0.05, 0.1) is 0 Å². The normalized spacial score (nSPS) is 14.8. The van der Waals surface area contributed by atoms with Crippen molar-refractivity contribution in [1.82, 2.24) is 5.32 Å². The molecule has 1 aromatic heterocycles. The topological polar surface area (TPSA) is 12.0 Å². The molecule has 3 heteroatoms. The minimum Gasteiger partial charge on any atom is -0.313 e. The average Bonchev–Trinajstić information content (AvgIpc) is 3.08. The molecule has 0 radical (unpaired) electrons. The molecule has 0 amide bonds. The van der Waals surface area contributed by atoms with Crippen molar-refractivity contribution < 1.29 is 4.39 Å². The van der Waals surface area contributed by atoms with Crippen molar-refractivity contribution in [3.05, 3.63) is 47.1 Å². The van der Waals surface area contributed by atoms with E-state index in [2.05, 4.69) is 5.32 Å². The van der Waals surface area contributed by atoms with Crippen molar-refractivity contribution in [2.24, 2.45) is 5.92 Å². The fourth-order valence-electron chi connectivity index (χ4n) is 2.25. The number of thiophene rings is 1. The molecule has 1 aliphatic carbocycles. The summed E-state index contributed by atoms with van der Waals surface area (Å²) < 4.78 is 13.8. The summed E-state index contributed by atoms with van der Waals surface area (Å²) in [5.41, 5.74) is 1.87. The third-order valence-electron chi connectivity index (χ3n) is 3.57. The monoisotopic (exact) mass is 275 g/mol. The molecule has 0 saturated heterocycles. The second-order valence-electron chi connectivity index (χ2n) is 5.20. The largest absolute Gasteiger partial charge is 0.313 e. The molecular formula is C16H18FNS. The Labute approximate surface area is 117 Å². The predicted molar refractivity (Wildman–Crippen MR) is 78.8 cm³/mol. The zero-order chi connectivity index (χ0) is 13.1. The average molecular weight is 275 g/mol. The van der Waals surface area contributed by atoms with E-state index in [0.717, 1.165) is 35.0 Å². The maximum absolute atomic E-state index is 13.8. The van der Waals surface area contributed by atoms with E-state index in [1.54, 1.807) is 17.4 Å². The van der Waals surface area contributed by atoms with Gasteiger partial charge in [-0.05, 0) is 48.0 Å². The van der Waals surface area contributed by atoms with Gasteiger partial charge in [-0.1, -0.05) is 25.0 Å². The smallest absolute Gasteiger partial charge is 0.131 e. The molecule has 1 saturated carbocycles. The van der Waals surface area contributed by atoms with Gasteiger partial charge in [0, 0.05) is 17.0 Å². The standard InChI is InChI=1S/C16H18FNS/c17-15-6-5-13(11-18-8-7-12-3-4-12)10-14(15)16-2-1-9-19-16/h1-2,5-6,9-10,12,18H,3-4,7-8,11H2. The van der Waals surface area contributed by atoms with Crippen molar-refractivity contribution in [3.63, 3.8) is 0 Å². The molecule has 1 heterocycles. The van der Waals surface area contributed by atoms with E-state index >= 15 is 0 Å². The minimum atomic E-state index is -0.135. The van der Waals surface area contributed by atoms with Crippen LogP contribution in [0.5, 0.6) is 0 Å². The van der Waals surface area contributed by atoms with Crippen LogP contribution in [0, 0.1) is 11.7 Å². The SMILES string of the molecule is Fc1ccc(CNCCC2CC2)cc1-c1cccs1. The Bertz CT molecular complexity index is 532. The van der Waals surface area contributed by atoms with Gasteiger partial charge < -0.3 is 5.32 Å². The molecule has 0 atom stereocenters. The molecule has 1 aliphatic rings. The van der Waals surface area contributed by atoms with Crippen LogP contribution in [0.2, 0.25) is 0 Å². The van der Waals surface area contributed by atoms with Gasteiger partial charge in [-0.15, -0.1) is 11.3 Å². The fourth-order valence-corrected chi connectivity index (χ4v) is 2.99. The number of benzene rings is 1. The Morgan fingerprint density at radius 1 is 1.26 bits per heavy atom. The number of nitrogens with one attached hydrogen (secondary N) is 1.